The van der Waals surface area contributed by atoms with E-state index in [1.807, 2.05) is 0 Å². The topological polar surface area (TPSA) is 40.5 Å². The Morgan fingerprint density at radius 2 is 0.485 bits per heavy atom. The molecule has 0 spiro atoms. The zero-order valence-electron chi connectivity index (χ0n) is 23.0. The number of unbranched alkanes of at least 4 members (excludes halogenated alkanes) is 27. The summed E-state index contributed by atoms with van der Waals surface area (Å²) in [5, 5.41) is 17.6. The molecule has 0 fully saturated rings. The average Bonchev–Trinajstić information content (AvgIpc) is 2.80. The lowest BCUT2D eigenvalue weighted by Gasteiger charge is -2.04. The van der Waals surface area contributed by atoms with E-state index in [1.54, 1.807) is 0 Å². The van der Waals surface area contributed by atoms with Crippen molar-refractivity contribution in [1.29, 1.82) is 0 Å². The Morgan fingerprint density at radius 3 is 0.667 bits per heavy atom. The molecule has 0 aliphatic rings. The zero-order valence-corrected chi connectivity index (χ0v) is 23.0. The Balaban J connectivity index is 3.00. The van der Waals surface area contributed by atoms with Crippen LogP contribution in [0.15, 0.2) is 0 Å². The molecule has 0 atom stereocenters. The molecule has 0 rings (SSSR count). The highest BCUT2D eigenvalue weighted by molar-refractivity contribution is 6.40. The zero-order chi connectivity index (χ0) is 24.1. The molecule has 0 amide bonds. The Hall–Kier alpha value is -0.0151. The molecule has 0 unspecified atom stereocenters. The van der Waals surface area contributed by atoms with Crippen molar-refractivity contribution in [2.24, 2.45) is 0 Å². The van der Waals surface area contributed by atoms with E-state index < -0.39 is 7.12 Å². The fourth-order valence-corrected chi connectivity index (χ4v) is 5.00. The van der Waals surface area contributed by atoms with Crippen LogP contribution in [0.5, 0.6) is 0 Å². The first-order chi connectivity index (χ1) is 16.3. The van der Waals surface area contributed by atoms with Gasteiger partial charge in [0.1, 0.15) is 0 Å². The van der Waals surface area contributed by atoms with Crippen LogP contribution >= 0.6 is 0 Å². The highest BCUT2D eigenvalue weighted by Crippen LogP contribution is 2.16. The SMILES string of the molecule is CCCCCCCCCCCCCCCCCCCCCCCCCCCCCCB(O)O. The molecule has 3 heteroatoms. The molecule has 33 heavy (non-hydrogen) atoms. The summed E-state index contributed by atoms with van der Waals surface area (Å²) in [5.74, 6) is 0. The molecule has 0 heterocycles. The van der Waals surface area contributed by atoms with Gasteiger partial charge in [0, 0.05) is 0 Å². The van der Waals surface area contributed by atoms with Gasteiger partial charge in [0.15, 0.2) is 0 Å². The minimum atomic E-state index is -1.10. The van der Waals surface area contributed by atoms with Crippen LogP contribution in [0.4, 0.5) is 0 Å². The second kappa shape index (κ2) is 30.0. The van der Waals surface area contributed by atoms with Crippen molar-refractivity contribution < 1.29 is 10.0 Å². The summed E-state index contributed by atoms with van der Waals surface area (Å²) in [6, 6.07) is 0. The van der Waals surface area contributed by atoms with E-state index >= 15 is 0 Å². The highest BCUT2D eigenvalue weighted by Gasteiger charge is 2.04. The van der Waals surface area contributed by atoms with Crippen molar-refractivity contribution in [3.05, 3.63) is 0 Å². The maximum atomic E-state index is 8.80. The van der Waals surface area contributed by atoms with E-state index in [4.69, 9.17) is 10.0 Å². The third-order valence-electron chi connectivity index (χ3n) is 7.32. The summed E-state index contributed by atoms with van der Waals surface area (Å²) in [5.41, 5.74) is 0. The molecule has 0 aromatic heterocycles. The molecule has 0 radical (unpaired) electrons. The molecule has 0 saturated carbocycles. The third kappa shape index (κ3) is 32.0. The first-order valence-corrected chi connectivity index (χ1v) is 15.6. The van der Waals surface area contributed by atoms with Crippen LogP contribution in [0, 0.1) is 0 Å². The van der Waals surface area contributed by atoms with Crippen LogP contribution < -0.4 is 0 Å². The van der Waals surface area contributed by atoms with Gasteiger partial charge in [0.05, 0.1) is 0 Å². The van der Waals surface area contributed by atoms with E-state index in [0.29, 0.717) is 6.32 Å². The van der Waals surface area contributed by atoms with Gasteiger partial charge >= 0.3 is 7.12 Å². The fraction of sp³-hybridized carbons (Fsp3) is 1.00. The number of hydrogen-bond donors (Lipinski definition) is 2. The van der Waals surface area contributed by atoms with E-state index in [1.165, 1.54) is 167 Å². The highest BCUT2D eigenvalue weighted by atomic mass is 16.4. The molecule has 0 saturated heterocycles. The molecule has 0 aromatic carbocycles. The Kier molecular flexibility index (Phi) is 30.0. The Labute approximate surface area is 210 Å². The predicted octanol–water partition coefficient (Wildman–Crippen LogP) is 10.4. The first-order valence-electron chi connectivity index (χ1n) is 15.6. The summed E-state index contributed by atoms with van der Waals surface area (Å²) in [6.45, 7) is 2.30. The predicted molar refractivity (Wildman–Crippen MR) is 150 cm³/mol. The largest absolute Gasteiger partial charge is 0.451 e. The second-order valence-electron chi connectivity index (χ2n) is 10.8. The first kappa shape index (κ1) is 33.0. The summed E-state index contributed by atoms with van der Waals surface area (Å²) >= 11 is 0. The van der Waals surface area contributed by atoms with Crippen LogP contribution in [0.3, 0.4) is 0 Å². The smallest absolute Gasteiger partial charge is 0.427 e. The van der Waals surface area contributed by atoms with Gasteiger partial charge < -0.3 is 10.0 Å². The standard InChI is InChI=1S/C30H63BO2/c1-2-3-4-5-6-7-8-9-10-11-12-13-14-15-16-17-18-19-20-21-22-23-24-25-26-27-28-29-30-31(32)33/h32-33H,2-30H2,1H3. The molecule has 198 valence electrons. The molecular weight excluding hydrogens is 403 g/mol. The van der Waals surface area contributed by atoms with Crippen molar-refractivity contribution in [1.82, 2.24) is 0 Å². The quantitative estimate of drug-likeness (QED) is 0.0850. The van der Waals surface area contributed by atoms with Gasteiger partial charge in [-0.25, -0.2) is 0 Å². The van der Waals surface area contributed by atoms with E-state index in [9.17, 15) is 0 Å². The Bertz CT molecular complexity index is 335. The lowest BCUT2D eigenvalue weighted by atomic mass is 9.83. The van der Waals surface area contributed by atoms with Gasteiger partial charge in [0.25, 0.3) is 0 Å². The van der Waals surface area contributed by atoms with Crippen molar-refractivity contribution in [3.63, 3.8) is 0 Å². The third-order valence-corrected chi connectivity index (χ3v) is 7.32. The van der Waals surface area contributed by atoms with Crippen LogP contribution in [-0.2, 0) is 0 Å². The van der Waals surface area contributed by atoms with Crippen molar-refractivity contribution in [2.75, 3.05) is 0 Å². The van der Waals surface area contributed by atoms with Crippen LogP contribution in [-0.4, -0.2) is 17.2 Å². The van der Waals surface area contributed by atoms with Crippen molar-refractivity contribution in [3.8, 4) is 0 Å². The van der Waals surface area contributed by atoms with Crippen molar-refractivity contribution in [2.45, 2.75) is 193 Å². The summed E-state index contributed by atoms with van der Waals surface area (Å²) in [7, 11) is -1.10. The fourth-order valence-electron chi connectivity index (χ4n) is 5.00. The number of rotatable bonds is 29. The summed E-state index contributed by atoms with van der Waals surface area (Å²) in [4.78, 5) is 0. The molecule has 2 nitrogen and oxygen atoms in total. The van der Waals surface area contributed by atoms with Crippen LogP contribution in [0.1, 0.15) is 187 Å². The molecule has 0 aromatic rings. The van der Waals surface area contributed by atoms with Gasteiger partial charge in [-0.2, -0.15) is 0 Å². The number of hydrogen-bond acceptors (Lipinski definition) is 2. The lowest BCUT2D eigenvalue weighted by molar-refractivity contribution is 0.401. The van der Waals surface area contributed by atoms with Crippen LogP contribution in [0.25, 0.3) is 0 Å². The monoisotopic (exact) mass is 466 g/mol. The summed E-state index contributed by atoms with van der Waals surface area (Å²) in [6.07, 6.45) is 40.0. The molecular formula is C30H63BO2. The second-order valence-corrected chi connectivity index (χ2v) is 10.8. The maximum Gasteiger partial charge on any atom is 0.451 e. The van der Waals surface area contributed by atoms with E-state index in [0.717, 1.165) is 12.8 Å². The lowest BCUT2D eigenvalue weighted by Crippen LogP contribution is -2.09. The molecule has 2 N–H and O–H groups in total. The summed E-state index contributed by atoms with van der Waals surface area (Å²) < 4.78 is 0. The normalized spacial score (nSPS) is 11.4. The minimum Gasteiger partial charge on any atom is -0.427 e. The van der Waals surface area contributed by atoms with Crippen LogP contribution in [0.2, 0.25) is 6.32 Å². The van der Waals surface area contributed by atoms with Gasteiger partial charge in [-0.3, -0.25) is 0 Å². The van der Waals surface area contributed by atoms with Crippen molar-refractivity contribution >= 4 is 7.12 Å². The van der Waals surface area contributed by atoms with Gasteiger partial charge in [-0.05, 0) is 6.32 Å². The van der Waals surface area contributed by atoms with E-state index in [2.05, 4.69) is 6.92 Å². The van der Waals surface area contributed by atoms with Gasteiger partial charge in [-0.1, -0.05) is 187 Å². The molecule has 0 bridgehead atoms. The molecule has 0 aliphatic heterocycles. The maximum absolute atomic E-state index is 8.80. The van der Waals surface area contributed by atoms with E-state index in [-0.39, 0.29) is 0 Å². The average molecular weight is 467 g/mol. The molecule has 0 aliphatic carbocycles. The Morgan fingerprint density at radius 1 is 0.303 bits per heavy atom. The van der Waals surface area contributed by atoms with Gasteiger partial charge in [-0.15, -0.1) is 0 Å². The van der Waals surface area contributed by atoms with Gasteiger partial charge in [0.2, 0.25) is 0 Å². The minimum absolute atomic E-state index is 0.541.